The standard InChI is InChI=1S/C18H24FN3O2/c1-11-3-4-14(8-16(11)19)12(2)21-18(24)20-9-13-7-17(23)22(10-13)15-5-6-15/h3-4,8,12-13,15H,5-7,9-10H2,1-2H3,(H2,20,21,24)/t12-,13-/m0/s1. The number of rotatable bonds is 5. The van der Waals surface area contributed by atoms with Gasteiger partial charge >= 0.3 is 6.03 Å². The summed E-state index contributed by atoms with van der Waals surface area (Å²) in [7, 11) is 0. The molecule has 24 heavy (non-hydrogen) atoms. The molecule has 1 aliphatic carbocycles. The van der Waals surface area contributed by atoms with Crippen LogP contribution >= 0.6 is 0 Å². The van der Waals surface area contributed by atoms with Gasteiger partial charge in [-0.05, 0) is 43.9 Å². The molecule has 1 aromatic carbocycles. The first kappa shape index (κ1) is 16.7. The number of benzene rings is 1. The topological polar surface area (TPSA) is 61.4 Å². The lowest BCUT2D eigenvalue weighted by Crippen LogP contribution is -2.40. The smallest absolute Gasteiger partial charge is 0.315 e. The van der Waals surface area contributed by atoms with E-state index < -0.39 is 0 Å². The first-order chi connectivity index (χ1) is 11.4. The van der Waals surface area contributed by atoms with Crippen molar-refractivity contribution in [1.29, 1.82) is 0 Å². The summed E-state index contributed by atoms with van der Waals surface area (Å²) in [5.41, 5.74) is 1.31. The SMILES string of the molecule is Cc1ccc([C@H](C)NC(=O)NC[C@@H]2CC(=O)N(C3CC3)C2)cc1F. The maximum Gasteiger partial charge on any atom is 0.315 e. The molecular weight excluding hydrogens is 309 g/mol. The van der Waals surface area contributed by atoms with Crippen molar-refractivity contribution in [2.75, 3.05) is 13.1 Å². The van der Waals surface area contributed by atoms with E-state index in [-0.39, 0.29) is 29.7 Å². The van der Waals surface area contributed by atoms with Crippen molar-refractivity contribution in [3.63, 3.8) is 0 Å². The molecule has 1 saturated heterocycles. The van der Waals surface area contributed by atoms with Gasteiger partial charge in [0.1, 0.15) is 5.82 Å². The zero-order valence-corrected chi connectivity index (χ0v) is 14.1. The number of likely N-dealkylation sites (tertiary alicyclic amines) is 1. The van der Waals surface area contributed by atoms with E-state index in [1.54, 1.807) is 13.0 Å². The Morgan fingerprint density at radius 1 is 1.42 bits per heavy atom. The Morgan fingerprint density at radius 3 is 2.83 bits per heavy atom. The fourth-order valence-corrected chi connectivity index (χ4v) is 3.13. The molecule has 1 aliphatic heterocycles. The summed E-state index contributed by atoms with van der Waals surface area (Å²) in [5.74, 6) is 0.107. The molecule has 130 valence electrons. The van der Waals surface area contributed by atoms with Gasteiger partial charge in [0.15, 0.2) is 0 Å². The highest BCUT2D eigenvalue weighted by Crippen LogP contribution is 2.32. The molecule has 2 atom stereocenters. The Balaban J connectivity index is 1.45. The lowest BCUT2D eigenvalue weighted by molar-refractivity contribution is -0.128. The highest BCUT2D eigenvalue weighted by atomic mass is 19.1. The molecule has 1 heterocycles. The lowest BCUT2D eigenvalue weighted by Gasteiger charge is -2.18. The van der Waals surface area contributed by atoms with Gasteiger partial charge in [0.05, 0.1) is 6.04 Å². The van der Waals surface area contributed by atoms with Crippen LogP contribution in [0.4, 0.5) is 9.18 Å². The lowest BCUT2D eigenvalue weighted by atomic mass is 10.1. The molecular formula is C18H24FN3O2. The van der Waals surface area contributed by atoms with Crippen LogP contribution in [0.2, 0.25) is 0 Å². The predicted octanol–water partition coefficient (Wildman–Crippen LogP) is 2.51. The van der Waals surface area contributed by atoms with Gasteiger partial charge in [0, 0.05) is 31.5 Å². The van der Waals surface area contributed by atoms with Crippen LogP contribution in [0, 0.1) is 18.7 Å². The summed E-state index contributed by atoms with van der Waals surface area (Å²) in [4.78, 5) is 25.9. The minimum Gasteiger partial charge on any atom is -0.339 e. The van der Waals surface area contributed by atoms with Crippen molar-refractivity contribution in [2.24, 2.45) is 5.92 Å². The maximum absolute atomic E-state index is 13.6. The average molecular weight is 333 g/mol. The van der Waals surface area contributed by atoms with E-state index in [0.29, 0.717) is 24.6 Å². The summed E-state index contributed by atoms with van der Waals surface area (Å²) in [6.07, 6.45) is 2.73. The van der Waals surface area contributed by atoms with Crippen molar-refractivity contribution in [3.8, 4) is 0 Å². The minimum atomic E-state index is -0.291. The highest BCUT2D eigenvalue weighted by Gasteiger charge is 2.39. The van der Waals surface area contributed by atoms with Crippen molar-refractivity contribution < 1.29 is 14.0 Å². The number of amides is 3. The van der Waals surface area contributed by atoms with Crippen molar-refractivity contribution in [3.05, 3.63) is 35.1 Å². The van der Waals surface area contributed by atoms with Crippen LogP contribution in [0.5, 0.6) is 0 Å². The molecule has 2 N–H and O–H groups in total. The van der Waals surface area contributed by atoms with E-state index >= 15 is 0 Å². The summed E-state index contributed by atoms with van der Waals surface area (Å²) < 4.78 is 13.6. The van der Waals surface area contributed by atoms with E-state index in [4.69, 9.17) is 0 Å². The van der Waals surface area contributed by atoms with E-state index in [0.717, 1.165) is 24.9 Å². The molecule has 5 nitrogen and oxygen atoms in total. The van der Waals surface area contributed by atoms with Crippen LogP contribution in [0.1, 0.15) is 43.4 Å². The summed E-state index contributed by atoms with van der Waals surface area (Å²) in [6.45, 7) is 4.74. The number of urea groups is 1. The third-order valence-corrected chi connectivity index (χ3v) is 4.82. The first-order valence-electron chi connectivity index (χ1n) is 8.54. The number of aryl methyl sites for hydroxylation is 1. The Bertz CT molecular complexity index is 645. The van der Waals surface area contributed by atoms with Gasteiger partial charge in [-0.1, -0.05) is 12.1 Å². The summed E-state index contributed by atoms with van der Waals surface area (Å²) in [6, 6.07) is 4.83. The molecule has 3 amide bonds. The third-order valence-electron chi connectivity index (χ3n) is 4.82. The predicted molar refractivity (Wildman–Crippen MR) is 88.9 cm³/mol. The largest absolute Gasteiger partial charge is 0.339 e. The normalized spacial score (nSPS) is 21.7. The molecule has 1 saturated carbocycles. The molecule has 0 spiro atoms. The summed E-state index contributed by atoms with van der Waals surface area (Å²) in [5, 5.41) is 5.64. The van der Waals surface area contributed by atoms with Gasteiger partial charge in [-0.25, -0.2) is 9.18 Å². The highest BCUT2D eigenvalue weighted by molar-refractivity contribution is 5.79. The van der Waals surface area contributed by atoms with Gasteiger partial charge in [0.2, 0.25) is 5.91 Å². The molecule has 0 radical (unpaired) electrons. The molecule has 0 unspecified atom stereocenters. The second-order valence-electron chi connectivity index (χ2n) is 6.93. The van der Waals surface area contributed by atoms with Crippen LogP contribution < -0.4 is 10.6 Å². The Labute approximate surface area is 141 Å². The third kappa shape index (κ3) is 3.86. The Kier molecular flexibility index (Phi) is 4.73. The van der Waals surface area contributed by atoms with Crippen LogP contribution in [0.15, 0.2) is 18.2 Å². The van der Waals surface area contributed by atoms with Gasteiger partial charge in [-0.3, -0.25) is 4.79 Å². The fourth-order valence-electron chi connectivity index (χ4n) is 3.13. The average Bonchev–Trinajstić information content (AvgIpc) is 3.31. The molecule has 0 aromatic heterocycles. The molecule has 1 aromatic rings. The minimum absolute atomic E-state index is 0.177. The van der Waals surface area contributed by atoms with Crippen LogP contribution in [0.3, 0.4) is 0 Å². The zero-order chi connectivity index (χ0) is 17.3. The van der Waals surface area contributed by atoms with Crippen molar-refractivity contribution in [2.45, 2.75) is 45.2 Å². The summed E-state index contributed by atoms with van der Waals surface area (Å²) >= 11 is 0. The maximum atomic E-state index is 13.6. The number of nitrogens with zero attached hydrogens (tertiary/aromatic N) is 1. The second kappa shape index (κ2) is 6.79. The van der Waals surface area contributed by atoms with Crippen LogP contribution in [0.25, 0.3) is 0 Å². The number of hydrogen-bond acceptors (Lipinski definition) is 2. The van der Waals surface area contributed by atoms with Gasteiger partial charge in [-0.15, -0.1) is 0 Å². The first-order valence-corrected chi connectivity index (χ1v) is 8.54. The molecule has 2 aliphatic rings. The van der Waals surface area contributed by atoms with Crippen molar-refractivity contribution >= 4 is 11.9 Å². The fraction of sp³-hybridized carbons (Fsp3) is 0.556. The van der Waals surface area contributed by atoms with E-state index in [1.807, 2.05) is 17.9 Å². The number of hydrogen-bond donors (Lipinski definition) is 2. The molecule has 2 fully saturated rings. The van der Waals surface area contributed by atoms with Gasteiger partial charge in [-0.2, -0.15) is 0 Å². The Hall–Kier alpha value is -2.11. The number of halogens is 1. The zero-order valence-electron chi connectivity index (χ0n) is 14.1. The quantitative estimate of drug-likeness (QED) is 0.870. The monoisotopic (exact) mass is 333 g/mol. The number of nitrogens with one attached hydrogen (secondary N) is 2. The molecule has 6 heteroatoms. The van der Waals surface area contributed by atoms with Gasteiger partial charge in [0.25, 0.3) is 0 Å². The van der Waals surface area contributed by atoms with E-state index in [1.165, 1.54) is 6.07 Å². The van der Waals surface area contributed by atoms with Crippen LogP contribution in [-0.2, 0) is 4.79 Å². The van der Waals surface area contributed by atoms with Crippen LogP contribution in [-0.4, -0.2) is 36.0 Å². The van der Waals surface area contributed by atoms with Gasteiger partial charge < -0.3 is 15.5 Å². The van der Waals surface area contributed by atoms with E-state index in [2.05, 4.69) is 10.6 Å². The van der Waals surface area contributed by atoms with E-state index in [9.17, 15) is 14.0 Å². The number of carbonyl (C=O) groups is 2. The molecule has 3 rings (SSSR count). The Morgan fingerprint density at radius 2 is 2.17 bits per heavy atom. The van der Waals surface area contributed by atoms with Crippen molar-refractivity contribution in [1.82, 2.24) is 15.5 Å². The number of carbonyl (C=O) groups excluding carboxylic acids is 2. The molecule has 0 bridgehead atoms. The second-order valence-corrected chi connectivity index (χ2v) is 6.93.